The largest absolute Gasteiger partial charge is 0.481 e. The molecule has 6 nitrogen and oxygen atoms in total. The maximum absolute atomic E-state index is 9.00. The molecule has 0 saturated heterocycles. The zero-order chi connectivity index (χ0) is 19.2. The van der Waals surface area contributed by atoms with Gasteiger partial charge in [-0.3, -0.25) is 14.2 Å². The molecule has 1 fully saturated rings. The number of carboxylic acid groups (broad SMARTS) is 1. The zero-order valence-corrected chi connectivity index (χ0v) is 16.8. The topological polar surface area (TPSA) is 79.5 Å². The number of pyridine rings is 2. The molecule has 142 valence electrons. The number of hydrogen-bond donors (Lipinski definition) is 2. The highest BCUT2D eigenvalue weighted by Crippen LogP contribution is 2.32. The molecular weight excluding hydrogens is 408 g/mol. The summed E-state index contributed by atoms with van der Waals surface area (Å²) in [5, 5.41) is 11.2. The first-order chi connectivity index (χ1) is 13.1. The van der Waals surface area contributed by atoms with E-state index in [9.17, 15) is 0 Å². The van der Waals surface area contributed by atoms with Crippen LogP contribution in [0.2, 0.25) is 0 Å². The number of nitrogens with one attached hydrogen (secondary N) is 1. The van der Waals surface area contributed by atoms with Gasteiger partial charge in [0.2, 0.25) is 0 Å². The second-order valence-electron chi connectivity index (χ2n) is 6.56. The van der Waals surface area contributed by atoms with Gasteiger partial charge < -0.3 is 10.4 Å². The van der Waals surface area contributed by atoms with Crippen molar-refractivity contribution >= 4 is 33.4 Å². The number of halogens is 1. The molecule has 3 heterocycles. The molecule has 1 saturated carbocycles. The van der Waals surface area contributed by atoms with Gasteiger partial charge in [0.05, 0.1) is 10.3 Å². The van der Waals surface area contributed by atoms with Gasteiger partial charge in [-0.2, -0.15) is 0 Å². The van der Waals surface area contributed by atoms with E-state index in [1.807, 2.05) is 42.6 Å². The number of rotatable bonds is 3. The summed E-state index contributed by atoms with van der Waals surface area (Å²) in [6, 6.07) is 12.6. The molecule has 2 N–H and O–H groups in total. The molecule has 27 heavy (non-hydrogen) atoms. The molecule has 1 aliphatic carbocycles. The van der Waals surface area contributed by atoms with Crippen LogP contribution in [0.5, 0.6) is 0 Å². The van der Waals surface area contributed by atoms with Crippen molar-refractivity contribution in [2.75, 3.05) is 5.32 Å². The minimum atomic E-state index is -0.833. The zero-order valence-electron chi connectivity index (χ0n) is 15.2. The van der Waals surface area contributed by atoms with Crippen LogP contribution in [-0.2, 0) is 4.79 Å². The van der Waals surface area contributed by atoms with Crippen molar-refractivity contribution in [3.8, 4) is 11.4 Å². The van der Waals surface area contributed by atoms with Crippen molar-refractivity contribution in [3.63, 3.8) is 0 Å². The molecule has 1 aliphatic rings. The highest BCUT2D eigenvalue weighted by atomic mass is 79.9. The minimum Gasteiger partial charge on any atom is -0.481 e. The average molecular weight is 431 g/mol. The number of carboxylic acids is 1. The molecular formula is C20H23BrN4O2. The number of hydrogen-bond acceptors (Lipinski definition) is 4. The molecule has 0 atom stereocenters. The SMILES string of the molecule is Brc1cccc2nc(-c3ccccn3)c(NC3CCCCC3)n12.CC(=O)O. The molecule has 0 bridgehead atoms. The standard InChI is InChI=1S/C18H19BrN4.C2H4O2/c19-15-10-6-11-16-22-17(14-9-4-5-12-20-14)18(23(15)16)21-13-7-2-1-3-8-13;1-2(3)4/h4-6,9-13,21H,1-3,7-8H2;1H3,(H,3,4). The van der Waals surface area contributed by atoms with E-state index in [2.05, 4.69) is 30.6 Å². The maximum atomic E-state index is 9.00. The Labute approximate surface area is 166 Å². The number of aromatic nitrogens is 3. The number of fused-ring (bicyclic) bond motifs is 1. The third-order valence-electron chi connectivity index (χ3n) is 4.45. The Bertz CT molecular complexity index is 901. The summed E-state index contributed by atoms with van der Waals surface area (Å²) in [6.07, 6.45) is 8.21. The van der Waals surface area contributed by atoms with Crippen molar-refractivity contribution in [3.05, 3.63) is 47.2 Å². The third kappa shape index (κ3) is 4.86. The van der Waals surface area contributed by atoms with Gasteiger partial charge in [0.15, 0.2) is 0 Å². The Morgan fingerprint density at radius 1 is 1.19 bits per heavy atom. The van der Waals surface area contributed by atoms with Gasteiger partial charge in [0, 0.05) is 19.2 Å². The number of nitrogens with zero attached hydrogens (tertiary/aromatic N) is 3. The second kappa shape index (κ2) is 8.99. The van der Waals surface area contributed by atoms with Crippen LogP contribution in [0.4, 0.5) is 5.82 Å². The molecule has 0 spiro atoms. The lowest BCUT2D eigenvalue weighted by atomic mass is 9.95. The van der Waals surface area contributed by atoms with E-state index in [1.165, 1.54) is 32.1 Å². The van der Waals surface area contributed by atoms with Crippen LogP contribution in [0.25, 0.3) is 17.0 Å². The molecule has 7 heteroatoms. The summed E-state index contributed by atoms with van der Waals surface area (Å²) >= 11 is 3.66. The van der Waals surface area contributed by atoms with E-state index in [0.717, 1.165) is 34.4 Å². The first kappa shape index (κ1) is 19.4. The van der Waals surface area contributed by atoms with Crippen LogP contribution in [0.3, 0.4) is 0 Å². The van der Waals surface area contributed by atoms with Gasteiger partial charge in [-0.1, -0.05) is 31.4 Å². The van der Waals surface area contributed by atoms with Crippen molar-refractivity contribution < 1.29 is 9.90 Å². The number of imidazole rings is 1. The number of aliphatic carboxylic acids is 1. The van der Waals surface area contributed by atoms with Crippen molar-refractivity contribution in [1.82, 2.24) is 14.4 Å². The van der Waals surface area contributed by atoms with Gasteiger partial charge in [0.1, 0.15) is 17.2 Å². The van der Waals surface area contributed by atoms with Crippen LogP contribution in [0, 0.1) is 0 Å². The van der Waals surface area contributed by atoms with Crippen LogP contribution in [0.15, 0.2) is 47.2 Å². The van der Waals surface area contributed by atoms with E-state index in [-0.39, 0.29) is 0 Å². The first-order valence-corrected chi connectivity index (χ1v) is 9.90. The monoisotopic (exact) mass is 430 g/mol. The Morgan fingerprint density at radius 3 is 2.59 bits per heavy atom. The summed E-state index contributed by atoms with van der Waals surface area (Å²) in [5.74, 6) is 0.207. The molecule has 0 unspecified atom stereocenters. The molecule has 0 aromatic carbocycles. The summed E-state index contributed by atoms with van der Waals surface area (Å²) in [4.78, 5) is 18.3. The summed E-state index contributed by atoms with van der Waals surface area (Å²) in [5.41, 5.74) is 2.75. The van der Waals surface area contributed by atoms with Gasteiger partial charge in [-0.25, -0.2) is 4.98 Å². The lowest BCUT2D eigenvalue weighted by Crippen LogP contribution is -2.23. The summed E-state index contributed by atoms with van der Waals surface area (Å²) < 4.78 is 3.14. The number of anilines is 1. The van der Waals surface area contributed by atoms with Gasteiger partial charge in [0.25, 0.3) is 5.97 Å². The second-order valence-corrected chi connectivity index (χ2v) is 7.38. The molecule has 3 aromatic rings. The lowest BCUT2D eigenvalue weighted by molar-refractivity contribution is -0.134. The molecule has 0 amide bonds. The van der Waals surface area contributed by atoms with E-state index >= 15 is 0 Å². The van der Waals surface area contributed by atoms with E-state index in [0.29, 0.717) is 6.04 Å². The lowest BCUT2D eigenvalue weighted by Gasteiger charge is -2.24. The molecule has 4 rings (SSSR count). The third-order valence-corrected chi connectivity index (χ3v) is 5.07. The average Bonchev–Trinajstić information content (AvgIpc) is 3.03. The van der Waals surface area contributed by atoms with Gasteiger partial charge in [-0.15, -0.1) is 0 Å². The van der Waals surface area contributed by atoms with Crippen molar-refractivity contribution in [2.24, 2.45) is 0 Å². The van der Waals surface area contributed by atoms with Crippen LogP contribution in [-0.4, -0.2) is 31.5 Å². The number of carbonyl (C=O) groups is 1. The highest BCUT2D eigenvalue weighted by Gasteiger charge is 2.21. The Hall–Kier alpha value is -2.41. The van der Waals surface area contributed by atoms with Gasteiger partial charge >= 0.3 is 0 Å². The van der Waals surface area contributed by atoms with Crippen molar-refractivity contribution in [1.29, 1.82) is 0 Å². The van der Waals surface area contributed by atoms with E-state index < -0.39 is 5.97 Å². The molecule has 0 aliphatic heterocycles. The minimum absolute atomic E-state index is 0.512. The van der Waals surface area contributed by atoms with E-state index in [4.69, 9.17) is 14.9 Å². The first-order valence-electron chi connectivity index (χ1n) is 9.10. The smallest absolute Gasteiger partial charge is 0.300 e. The quantitative estimate of drug-likeness (QED) is 0.571. The maximum Gasteiger partial charge on any atom is 0.300 e. The fourth-order valence-electron chi connectivity index (χ4n) is 3.31. The predicted molar refractivity (Wildman–Crippen MR) is 110 cm³/mol. The van der Waals surface area contributed by atoms with Crippen LogP contribution < -0.4 is 5.32 Å². The van der Waals surface area contributed by atoms with Gasteiger partial charge in [-0.05, 0) is 53.0 Å². The highest BCUT2D eigenvalue weighted by molar-refractivity contribution is 9.10. The predicted octanol–water partition coefficient (Wildman–Crippen LogP) is 4.99. The summed E-state index contributed by atoms with van der Waals surface area (Å²) in [6.45, 7) is 1.08. The van der Waals surface area contributed by atoms with Crippen molar-refractivity contribution in [2.45, 2.75) is 45.1 Å². The van der Waals surface area contributed by atoms with Crippen LogP contribution in [0.1, 0.15) is 39.0 Å². The normalized spacial score (nSPS) is 14.4. The molecule has 3 aromatic heterocycles. The molecule has 0 radical (unpaired) electrons. The summed E-state index contributed by atoms with van der Waals surface area (Å²) in [7, 11) is 0. The fourth-order valence-corrected chi connectivity index (χ4v) is 3.82. The van der Waals surface area contributed by atoms with Crippen LogP contribution >= 0.6 is 15.9 Å². The Balaban J connectivity index is 0.000000481. The fraction of sp³-hybridized carbons (Fsp3) is 0.350. The Morgan fingerprint density at radius 2 is 1.93 bits per heavy atom. The Kier molecular flexibility index (Phi) is 6.45. The van der Waals surface area contributed by atoms with E-state index in [1.54, 1.807) is 0 Å².